The monoisotopic (exact) mass is 292 g/mol. The van der Waals surface area contributed by atoms with E-state index in [-0.39, 0.29) is 23.7 Å². The van der Waals surface area contributed by atoms with E-state index in [2.05, 4.69) is 0 Å². The number of hydrogen-bond donors (Lipinski definition) is 0. The minimum Gasteiger partial charge on any atom is -0.268 e. The predicted molar refractivity (Wildman–Crippen MR) is 64.0 cm³/mol. The lowest BCUT2D eigenvalue weighted by atomic mass is 10.2. The summed E-state index contributed by atoms with van der Waals surface area (Å²) in [6, 6.07) is 3.44. The highest BCUT2D eigenvalue weighted by Crippen LogP contribution is 2.21. The molecule has 5 nitrogen and oxygen atoms in total. The zero-order chi connectivity index (χ0) is 13.5. The van der Waals surface area contributed by atoms with Crippen molar-refractivity contribution < 1.29 is 17.6 Å². The Morgan fingerprint density at radius 2 is 2.06 bits per heavy atom. The Kier molecular flexibility index (Phi) is 3.31. The van der Waals surface area contributed by atoms with Gasteiger partial charge in [-0.05, 0) is 18.2 Å². The third-order valence-electron chi connectivity index (χ3n) is 2.68. The fourth-order valence-electron chi connectivity index (χ4n) is 1.61. The number of carbonyl (C=O) groups is 1. The van der Waals surface area contributed by atoms with Crippen LogP contribution in [-0.4, -0.2) is 43.1 Å². The van der Waals surface area contributed by atoms with Crippen LogP contribution in [0.4, 0.5) is 4.39 Å². The molecule has 1 aromatic carbocycles. The lowest BCUT2D eigenvalue weighted by Crippen LogP contribution is -2.35. The molecule has 1 fully saturated rings. The Labute approximate surface area is 109 Å². The van der Waals surface area contributed by atoms with Gasteiger partial charge in [0.05, 0.1) is 11.6 Å². The first kappa shape index (κ1) is 13.3. The topological polar surface area (TPSA) is 57.7 Å². The molecule has 0 bridgehead atoms. The predicted octanol–water partition coefficient (Wildman–Crippen LogP) is 1.11. The molecule has 2 rings (SSSR count). The van der Waals surface area contributed by atoms with Crippen LogP contribution in [0.2, 0.25) is 5.02 Å². The standard InChI is InChI=1S/C10H10ClFN2O3S/c1-13-4-5-14(18(13,16)17)10(15)7-2-3-8(11)9(12)6-7/h2-3,6H,4-5H2,1H3. The van der Waals surface area contributed by atoms with Crippen LogP contribution >= 0.6 is 11.6 Å². The summed E-state index contributed by atoms with van der Waals surface area (Å²) in [4.78, 5) is 12.0. The van der Waals surface area contributed by atoms with E-state index >= 15 is 0 Å². The van der Waals surface area contributed by atoms with Crippen LogP contribution in [0, 0.1) is 5.82 Å². The molecule has 98 valence electrons. The summed E-state index contributed by atoms with van der Waals surface area (Å²) in [6.07, 6.45) is 0. The Morgan fingerprint density at radius 3 is 2.56 bits per heavy atom. The minimum atomic E-state index is -3.77. The first-order valence-electron chi connectivity index (χ1n) is 5.07. The number of amides is 1. The maximum Gasteiger partial charge on any atom is 0.306 e. The van der Waals surface area contributed by atoms with E-state index in [4.69, 9.17) is 11.6 Å². The average Bonchev–Trinajstić information content (AvgIpc) is 2.57. The molecular weight excluding hydrogens is 283 g/mol. The number of halogens is 2. The smallest absolute Gasteiger partial charge is 0.268 e. The second-order valence-electron chi connectivity index (χ2n) is 3.84. The van der Waals surface area contributed by atoms with Crippen molar-refractivity contribution in [3.8, 4) is 0 Å². The zero-order valence-corrected chi connectivity index (χ0v) is 11.0. The third kappa shape index (κ3) is 2.09. The van der Waals surface area contributed by atoms with Crippen LogP contribution in [0.1, 0.15) is 10.4 Å². The van der Waals surface area contributed by atoms with Gasteiger partial charge in [0, 0.05) is 19.2 Å². The van der Waals surface area contributed by atoms with Gasteiger partial charge in [0.25, 0.3) is 5.91 Å². The lowest BCUT2D eigenvalue weighted by molar-refractivity contribution is 0.0871. The van der Waals surface area contributed by atoms with E-state index in [1.807, 2.05) is 0 Å². The van der Waals surface area contributed by atoms with Gasteiger partial charge in [-0.1, -0.05) is 11.6 Å². The van der Waals surface area contributed by atoms with E-state index in [1.165, 1.54) is 19.2 Å². The fourth-order valence-corrected chi connectivity index (χ4v) is 3.00. The summed E-state index contributed by atoms with van der Waals surface area (Å²) in [5, 5.41) is -0.118. The van der Waals surface area contributed by atoms with Crippen molar-refractivity contribution in [1.29, 1.82) is 0 Å². The Morgan fingerprint density at radius 1 is 1.39 bits per heavy atom. The van der Waals surface area contributed by atoms with Gasteiger partial charge in [0.15, 0.2) is 0 Å². The van der Waals surface area contributed by atoms with Gasteiger partial charge in [-0.25, -0.2) is 8.70 Å². The second-order valence-corrected chi connectivity index (χ2v) is 6.20. The van der Waals surface area contributed by atoms with Crippen LogP contribution in [-0.2, 0) is 10.2 Å². The number of rotatable bonds is 1. The number of carbonyl (C=O) groups excluding carboxylic acids is 1. The van der Waals surface area contributed by atoms with Gasteiger partial charge in [0.1, 0.15) is 5.82 Å². The second kappa shape index (κ2) is 4.49. The summed E-state index contributed by atoms with van der Waals surface area (Å²) in [6.45, 7) is 0.284. The quantitative estimate of drug-likeness (QED) is 0.779. The minimum absolute atomic E-state index is 0.0456. The molecule has 0 radical (unpaired) electrons. The van der Waals surface area contributed by atoms with Crippen molar-refractivity contribution >= 4 is 27.7 Å². The first-order valence-corrected chi connectivity index (χ1v) is 6.85. The molecular formula is C10H10ClFN2O3S. The molecule has 18 heavy (non-hydrogen) atoms. The van der Waals surface area contributed by atoms with Crippen molar-refractivity contribution in [3.05, 3.63) is 34.6 Å². The lowest BCUT2D eigenvalue weighted by Gasteiger charge is -2.16. The van der Waals surface area contributed by atoms with Gasteiger partial charge in [-0.3, -0.25) is 4.79 Å². The van der Waals surface area contributed by atoms with Crippen LogP contribution in [0.5, 0.6) is 0 Å². The molecule has 1 aliphatic rings. The average molecular weight is 293 g/mol. The highest BCUT2D eigenvalue weighted by atomic mass is 35.5. The maximum absolute atomic E-state index is 13.2. The molecule has 0 atom stereocenters. The highest BCUT2D eigenvalue weighted by molar-refractivity contribution is 7.87. The molecule has 0 unspecified atom stereocenters. The molecule has 1 amide bonds. The van der Waals surface area contributed by atoms with E-state index in [9.17, 15) is 17.6 Å². The van der Waals surface area contributed by atoms with E-state index < -0.39 is 21.9 Å². The van der Waals surface area contributed by atoms with Crippen molar-refractivity contribution in [3.63, 3.8) is 0 Å². The molecule has 1 saturated heterocycles. The number of nitrogens with zero attached hydrogens (tertiary/aromatic N) is 2. The summed E-state index contributed by atoms with van der Waals surface area (Å²) < 4.78 is 38.6. The molecule has 0 spiro atoms. The van der Waals surface area contributed by atoms with Gasteiger partial charge in [-0.2, -0.15) is 12.7 Å². The Bertz CT molecular complexity index is 605. The Balaban J connectivity index is 2.35. The maximum atomic E-state index is 13.2. The molecule has 1 aliphatic heterocycles. The van der Waals surface area contributed by atoms with Gasteiger partial charge >= 0.3 is 10.2 Å². The van der Waals surface area contributed by atoms with Crippen LogP contribution in [0.25, 0.3) is 0 Å². The SMILES string of the molecule is CN1CCN(C(=O)c2ccc(Cl)c(F)c2)S1(=O)=O. The molecule has 8 heteroatoms. The zero-order valence-electron chi connectivity index (χ0n) is 9.43. The number of likely N-dealkylation sites (N-methyl/N-ethyl adjacent to an activating group) is 1. The van der Waals surface area contributed by atoms with Crippen molar-refractivity contribution in [2.24, 2.45) is 0 Å². The van der Waals surface area contributed by atoms with E-state index in [1.54, 1.807) is 0 Å². The molecule has 0 aromatic heterocycles. The van der Waals surface area contributed by atoms with Crippen LogP contribution in [0.15, 0.2) is 18.2 Å². The normalized spacial score (nSPS) is 19.2. The molecule has 0 saturated carbocycles. The number of benzene rings is 1. The van der Waals surface area contributed by atoms with Crippen LogP contribution in [0.3, 0.4) is 0 Å². The van der Waals surface area contributed by atoms with E-state index in [0.717, 1.165) is 14.7 Å². The van der Waals surface area contributed by atoms with Gasteiger partial charge in [0.2, 0.25) is 0 Å². The van der Waals surface area contributed by atoms with Crippen molar-refractivity contribution in [2.75, 3.05) is 20.1 Å². The van der Waals surface area contributed by atoms with Crippen LogP contribution < -0.4 is 0 Å². The summed E-state index contributed by atoms with van der Waals surface area (Å²) in [5.41, 5.74) is -0.0456. The number of hydrogen-bond acceptors (Lipinski definition) is 3. The molecule has 1 heterocycles. The summed E-state index contributed by atoms with van der Waals surface area (Å²) >= 11 is 5.50. The largest absolute Gasteiger partial charge is 0.306 e. The fraction of sp³-hybridized carbons (Fsp3) is 0.300. The molecule has 0 aliphatic carbocycles. The van der Waals surface area contributed by atoms with Gasteiger partial charge in [-0.15, -0.1) is 0 Å². The molecule has 0 N–H and O–H groups in total. The first-order chi connectivity index (χ1) is 8.34. The highest BCUT2D eigenvalue weighted by Gasteiger charge is 2.37. The Hall–Kier alpha value is -1.18. The van der Waals surface area contributed by atoms with Crippen molar-refractivity contribution in [2.45, 2.75) is 0 Å². The third-order valence-corrected chi connectivity index (χ3v) is 4.87. The van der Waals surface area contributed by atoms with E-state index in [0.29, 0.717) is 0 Å². The summed E-state index contributed by atoms with van der Waals surface area (Å²) in [7, 11) is -2.39. The van der Waals surface area contributed by atoms with Crippen molar-refractivity contribution in [1.82, 2.24) is 8.61 Å². The molecule has 1 aromatic rings. The van der Waals surface area contributed by atoms with Gasteiger partial charge < -0.3 is 0 Å². The summed E-state index contributed by atoms with van der Waals surface area (Å²) in [5.74, 6) is -1.51.